The molecular weight excluding hydrogens is 709 g/mol. The third kappa shape index (κ3) is 6.01. The molecule has 0 atom stereocenters. The molecule has 0 N–H and O–H groups in total. The number of ether oxygens (including phenoxy) is 1. The Kier molecular flexibility index (Phi) is 8.70. The summed E-state index contributed by atoms with van der Waals surface area (Å²) in [5, 5.41) is 9.29. The van der Waals surface area contributed by atoms with Crippen molar-refractivity contribution < 1.29 is 4.74 Å². The summed E-state index contributed by atoms with van der Waals surface area (Å²) >= 11 is 0. The van der Waals surface area contributed by atoms with E-state index in [1.54, 1.807) is 0 Å². The fourth-order valence-corrected chi connectivity index (χ4v) is 8.20. The lowest BCUT2D eigenvalue weighted by Crippen LogP contribution is -2.34. The van der Waals surface area contributed by atoms with Gasteiger partial charge in [0.25, 0.3) is 0 Å². The van der Waals surface area contributed by atoms with Crippen molar-refractivity contribution in [2.45, 2.75) is 5.41 Å². The van der Waals surface area contributed by atoms with E-state index in [1.165, 1.54) is 0 Å². The Bertz CT molecular complexity index is 2920. The van der Waals surface area contributed by atoms with E-state index < -0.39 is 5.41 Å². The first-order chi connectivity index (χ1) is 28.7. The average Bonchev–Trinajstić information content (AvgIpc) is 3.31. The van der Waals surface area contributed by atoms with Gasteiger partial charge in [-0.15, -0.1) is 0 Å². The highest BCUT2D eigenvalue weighted by Crippen LogP contribution is 2.55. The first-order valence-corrected chi connectivity index (χ1v) is 19.2. The smallest absolute Gasteiger partial charge is 0.164 e. The molecule has 0 bridgehead atoms. The third-order valence-corrected chi connectivity index (χ3v) is 10.9. The number of para-hydroxylation sites is 1. The number of rotatable bonds is 7. The summed E-state index contributed by atoms with van der Waals surface area (Å²) in [6.45, 7) is 0. The Morgan fingerprint density at radius 1 is 0.379 bits per heavy atom. The van der Waals surface area contributed by atoms with Crippen LogP contribution in [-0.2, 0) is 5.41 Å². The number of benzene rings is 8. The van der Waals surface area contributed by atoms with Crippen LogP contribution in [0.25, 0.3) is 56.4 Å². The molecule has 0 unspecified atom stereocenters. The predicted octanol–water partition coefficient (Wildman–Crippen LogP) is 12.6. The van der Waals surface area contributed by atoms with Crippen LogP contribution in [0.2, 0.25) is 0 Å². The summed E-state index contributed by atoms with van der Waals surface area (Å²) in [4.78, 5) is 15.5. The lowest BCUT2D eigenvalue weighted by molar-refractivity contribution is 0.434. The van der Waals surface area contributed by atoms with Crippen molar-refractivity contribution in [2.24, 2.45) is 0 Å². The Hall–Kier alpha value is -7.94. The minimum atomic E-state index is -0.633. The molecule has 0 fully saturated rings. The van der Waals surface area contributed by atoms with E-state index in [9.17, 15) is 5.26 Å². The molecule has 0 amide bonds. The van der Waals surface area contributed by atoms with E-state index in [2.05, 4.69) is 133 Å². The van der Waals surface area contributed by atoms with Gasteiger partial charge < -0.3 is 4.74 Å². The molecule has 5 heteroatoms. The molecule has 0 radical (unpaired) electrons. The summed E-state index contributed by atoms with van der Waals surface area (Å²) in [7, 11) is 0. The van der Waals surface area contributed by atoms with Crippen LogP contribution in [0.4, 0.5) is 0 Å². The molecular formula is C53H34N4O. The van der Waals surface area contributed by atoms with Crippen molar-refractivity contribution in [1.82, 2.24) is 15.0 Å². The molecule has 5 nitrogen and oxygen atoms in total. The maximum Gasteiger partial charge on any atom is 0.164 e. The lowest BCUT2D eigenvalue weighted by atomic mass is 9.63. The maximum absolute atomic E-state index is 9.29. The first-order valence-electron chi connectivity index (χ1n) is 19.2. The van der Waals surface area contributed by atoms with Crippen molar-refractivity contribution in [3.8, 4) is 74.0 Å². The number of nitriles is 1. The molecule has 1 aliphatic rings. The van der Waals surface area contributed by atoms with Gasteiger partial charge in [0.2, 0.25) is 0 Å². The van der Waals surface area contributed by atoms with Gasteiger partial charge in [-0.1, -0.05) is 182 Å². The molecule has 10 rings (SSSR count). The number of aromatic nitrogens is 3. The van der Waals surface area contributed by atoms with Gasteiger partial charge in [-0.05, 0) is 57.6 Å². The zero-order valence-corrected chi connectivity index (χ0v) is 31.3. The Morgan fingerprint density at radius 3 is 1.52 bits per heavy atom. The van der Waals surface area contributed by atoms with Gasteiger partial charge >= 0.3 is 0 Å². The standard InChI is InChI=1S/C53H34N4O/c54-35-36-24-26-37(27-25-36)38-28-30-40(31-29-38)50-55-51(57-52(56-50)45-21-11-10-20-44(45)39-14-4-1-5-15-39)41-32-33-47-49(34-41)58-48-23-13-12-22-46(48)53(47,42-16-6-2-7-17-42)43-18-8-3-9-19-43/h1-34H. The molecule has 2 heterocycles. The molecule has 1 aliphatic heterocycles. The van der Waals surface area contributed by atoms with Gasteiger partial charge in [-0.25, -0.2) is 15.0 Å². The van der Waals surface area contributed by atoms with Crippen molar-refractivity contribution in [3.63, 3.8) is 0 Å². The summed E-state index contributed by atoms with van der Waals surface area (Å²) in [6, 6.07) is 72.6. The topological polar surface area (TPSA) is 71.7 Å². The molecule has 0 aliphatic carbocycles. The molecule has 8 aromatic carbocycles. The zero-order chi connectivity index (χ0) is 38.9. The Labute approximate surface area is 337 Å². The van der Waals surface area contributed by atoms with Crippen LogP contribution in [-0.4, -0.2) is 15.0 Å². The van der Waals surface area contributed by atoms with E-state index in [0.29, 0.717) is 23.0 Å². The van der Waals surface area contributed by atoms with Crippen LogP contribution >= 0.6 is 0 Å². The van der Waals surface area contributed by atoms with Crippen molar-refractivity contribution >= 4 is 0 Å². The minimum Gasteiger partial charge on any atom is -0.457 e. The van der Waals surface area contributed by atoms with Crippen molar-refractivity contribution in [2.75, 3.05) is 0 Å². The van der Waals surface area contributed by atoms with Crippen molar-refractivity contribution in [1.29, 1.82) is 5.26 Å². The van der Waals surface area contributed by atoms with Crippen LogP contribution in [0, 0.1) is 11.3 Å². The molecule has 0 spiro atoms. The highest BCUT2D eigenvalue weighted by Gasteiger charge is 2.45. The second kappa shape index (κ2) is 14.6. The molecule has 0 saturated carbocycles. The Balaban J connectivity index is 1.16. The second-order valence-electron chi connectivity index (χ2n) is 14.3. The van der Waals surface area contributed by atoms with Gasteiger partial charge in [0.1, 0.15) is 11.5 Å². The van der Waals surface area contributed by atoms with Gasteiger partial charge in [0.15, 0.2) is 17.5 Å². The predicted molar refractivity (Wildman–Crippen MR) is 230 cm³/mol. The molecule has 58 heavy (non-hydrogen) atoms. The van der Waals surface area contributed by atoms with Crippen LogP contribution in [0.5, 0.6) is 11.5 Å². The van der Waals surface area contributed by atoms with E-state index in [4.69, 9.17) is 19.7 Å². The molecule has 1 aromatic heterocycles. The number of hydrogen-bond donors (Lipinski definition) is 0. The molecule has 9 aromatic rings. The van der Waals surface area contributed by atoms with Crippen LogP contribution in [0.1, 0.15) is 27.8 Å². The molecule has 0 saturated heterocycles. The van der Waals surface area contributed by atoms with E-state index in [0.717, 1.165) is 72.7 Å². The quantitative estimate of drug-likeness (QED) is 0.163. The summed E-state index contributed by atoms with van der Waals surface area (Å²) in [5.74, 6) is 3.21. The maximum atomic E-state index is 9.29. The van der Waals surface area contributed by atoms with Gasteiger partial charge in [-0.3, -0.25) is 0 Å². The number of fused-ring (bicyclic) bond motifs is 2. The SMILES string of the molecule is N#Cc1ccc(-c2ccc(-c3nc(-c4ccc5c(c4)Oc4ccccc4C5(c4ccccc4)c4ccccc4)nc(-c4ccccc4-c4ccccc4)n3)cc2)cc1. The van der Waals surface area contributed by atoms with Crippen LogP contribution < -0.4 is 4.74 Å². The van der Waals surface area contributed by atoms with Gasteiger partial charge in [0, 0.05) is 27.8 Å². The average molecular weight is 743 g/mol. The van der Waals surface area contributed by atoms with Crippen molar-refractivity contribution in [3.05, 3.63) is 234 Å². The monoisotopic (exact) mass is 742 g/mol. The van der Waals surface area contributed by atoms with Gasteiger partial charge in [-0.2, -0.15) is 5.26 Å². The largest absolute Gasteiger partial charge is 0.457 e. The fraction of sp³-hybridized carbons (Fsp3) is 0.0189. The van der Waals surface area contributed by atoms with E-state index >= 15 is 0 Å². The minimum absolute atomic E-state index is 0.536. The normalized spacial score (nSPS) is 12.4. The Morgan fingerprint density at radius 2 is 0.862 bits per heavy atom. The van der Waals surface area contributed by atoms with E-state index in [1.807, 2.05) is 78.9 Å². The highest BCUT2D eigenvalue weighted by molar-refractivity contribution is 5.82. The number of hydrogen-bond acceptors (Lipinski definition) is 5. The highest BCUT2D eigenvalue weighted by atomic mass is 16.5. The summed E-state index contributed by atoms with van der Waals surface area (Å²) in [5.41, 5.74) is 11.2. The lowest BCUT2D eigenvalue weighted by Gasteiger charge is -2.41. The summed E-state index contributed by atoms with van der Waals surface area (Å²) in [6.07, 6.45) is 0. The van der Waals surface area contributed by atoms with Crippen LogP contribution in [0.15, 0.2) is 206 Å². The zero-order valence-electron chi connectivity index (χ0n) is 31.3. The molecule has 272 valence electrons. The third-order valence-electron chi connectivity index (χ3n) is 10.9. The second-order valence-corrected chi connectivity index (χ2v) is 14.3. The van der Waals surface area contributed by atoms with E-state index in [-0.39, 0.29) is 0 Å². The van der Waals surface area contributed by atoms with Gasteiger partial charge in [0.05, 0.1) is 17.0 Å². The van der Waals surface area contributed by atoms with Crippen LogP contribution in [0.3, 0.4) is 0 Å². The first kappa shape index (κ1) is 34.5. The number of nitrogens with zero attached hydrogens (tertiary/aromatic N) is 4. The fourth-order valence-electron chi connectivity index (χ4n) is 8.20. The summed E-state index contributed by atoms with van der Waals surface area (Å²) < 4.78 is 6.83.